The minimum atomic E-state index is 0.000482. The fraction of sp³-hybridized carbons (Fsp3) is 0.455. The molecule has 90 valence electrons. The highest BCUT2D eigenvalue weighted by Crippen LogP contribution is 2.35. The van der Waals surface area contributed by atoms with Gasteiger partial charge in [0.25, 0.3) is 0 Å². The summed E-state index contributed by atoms with van der Waals surface area (Å²) < 4.78 is 0. The molecule has 16 heavy (non-hydrogen) atoms. The third-order valence-electron chi connectivity index (χ3n) is 2.34. The Morgan fingerprint density at radius 2 is 1.81 bits per heavy atom. The summed E-state index contributed by atoms with van der Waals surface area (Å²) in [5.74, 6) is 0. The van der Waals surface area contributed by atoms with Gasteiger partial charge in [0, 0.05) is 12.1 Å². The molecule has 0 radical (unpaired) electrons. The first-order valence-corrected chi connectivity index (χ1v) is 6.11. The van der Waals surface area contributed by atoms with Crippen molar-refractivity contribution in [3.8, 4) is 0 Å². The minimum Gasteiger partial charge on any atom is -0.395 e. The van der Waals surface area contributed by atoms with Crippen LogP contribution in [0.5, 0.6) is 0 Å². The standard InChI is InChI=1S/C11H14Cl3NO/c1-6(5-16)15-7(2)8-3-4-9(12)11(14)10(8)13/h3-4,6-7,15-16H,5H2,1-2H3. The number of benzene rings is 1. The van der Waals surface area contributed by atoms with Gasteiger partial charge in [-0.1, -0.05) is 40.9 Å². The zero-order valence-corrected chi connectivity index (χ0v) is 11.4. The summed E-state index contributed by atoms with van der Waals surface area (Å²) in [6.45, 7) is 3.92. The Morgan fingerprint density at radius 3 is 2.38 bits per heavy atom. The van der Waals surface area contributed by atoms with Crippen LogP contribution in [0.2, 0.25) is 15.1 Å². The average molecular weight is 283 g/mol. The summed E-state index contributed by atoms with van der Waals surface area (Å²) in [4.78, 5) is 0. The summed E-state index contributed by atoms with van der Waals surface area (Å²) >= 11 is 17.9. The van der Waals surface area contributed by atoms with Gasteiger partial charge in [0.15, 0.2) is 0 Å². The van der Waals surface area contributed by atoms with E-state index in [9.17, 15) is 0 Å². The number of halogens is 3. The van der Waals surface area contributed by atoms with Crippen LogP contribution in [0.1, 0.15) is 25.5 Å². The van der Waals surface area contributed by atoms with Crippen LogP contribution in [0.3, 0.4) is 0 Å². The molecule has 1 aromatic carbocycles. The number of hydrogen-bond donors (Lipinski definition) is 2. The molecule has 0 aliphatic heterocycles. The average Bonchev–Trinajstić information content (AvgIpc) is 2.25. The second-order valence-electron chi connectivity index (χ2n) is 3.74. The summed E-state index contributed by atoms with van der Waals surface area (Å²) in [6.07, 6.45) is 0. The van der Waals surface area contributed by atoms with Crippen LogP contribution in [-0.4, -0.2) is 17.8 Å². The van der Waals surface area contributed by atoms with Gasteiger partial charge in [0.05, 0.1) is 21.7 Å². The quantitative estimate of drug-likeness (QED) is 0.826. The summed E-state index contributed by atoms with van der Waals surface area (Å²) in [7, 11) is 0. The van der Waals surface area contributed by atoms with Gasteiger partial charge in [-0.25, -0.2) is 0 Å². The Kier molecular flexibility index (Phi) is 5.35. The smallest absolute Gasteiger partial charge is 0.0781 e. The highest BCUT2D eigenvalue weighted by Gasteiger charge is 2.15. The Labute approximate surface area is 111 Å². The first kappa shape index (κ1) is 14.1. The van der Waals surface area contributed by atoms with Crippen LogP contribution < -0.4 is 5.32 Å². The minimum absolute atomic E-state index is 0.000482. The topological polar surface area (TPSA) is 32.3 Å². The van der Waals surface area contributed by atoms with Crippen molar-refractivity contribution in [2.45, 2.75) is 25.9 Å². The van der Waals surface area contributed by atoms with Crippen molar-refractivity contribution in [3.63, 3.8) is 0 Å². The van der Waals surface area contributed by atoms with Crippen molar-refractivity contribution in [2.24, 2.45) is 0 Å². The predicted molar refractivity (Wildman–Crippen MR) is 69.6 cm³/mol. The number of rotatable bonds is 4. The molecule has 2 atom stereocenters. The van der Waals surface area contributed by atoms with Crippen molar-refractivity contribution >= 4 is 34.8 Å². The third kappa shape index (κ3) is 3.25. The Bertz CT molecular complexity index is 370. The molecule has 0 aliphatic carbocycles. The van der Waals surface area contributed by atoms with E-state index in [0.29, 0.717) is 15.1 Å². The highest BCUT2D eigenvalue weighted by molar-refractivity contribution is 6.48. The molecule has 2 nitrogen and oxygen atoms in total. The number of aliphatic hydroxyl groups is 1. The lowest BCUT2D eigenvalue weighted by atomic mass is 10.1. The monoisotopic (exact) mass is 281 g/mol. The number of nitrogens with one attached hydrogen (secondary N) is 1. The maximum atomic E-state index is 8.96. The molecule has 0 amide bonds. The largest absolute Gasteiger partial charge is 0.395 e. The van der Waals surface area contributed by atoms with Crippen molar-refractivity contribution in [3.05, 3.63) is 32.8 Å². The molecule has 0 fully saturated rings. The Morgan fingerprint density at radius 1 is 1.19 bits per heavy atom. The van der Waals surface area contributed by atoms with Gasteiger partial charge in [0.2, 0.25) is 0 Å². The van der Waals surface area contributed by atoms with E-state index in [-0.39, 0.29) is 18.7 Å². The second-order valence-corrected chi connectivity index (χ2v) is 4.90. The molecule has 0 heterocycles. The maximum Gasteiger partial charge on any atom is 0.0781 e. The molecule has 0 saturated carbocycles. The van der Waals surface area contributed by atoms with Crippen LogP contribution >= 0.6 is 34.8 Å². The van der Waals surface area contributed by atoms with E-state index < -0.39 is 0 Å². The SMILES string of the molecule is CC(CO)NC(C)c1ccc(Cl)c(Cl)c1Cl. The van der Waals surface area contributed by atoms with E-state index in [2.05, 4.69) is 5.32 Å². The van der Waals surface area contributed by atoms with Gasteiger partial charge < -0.3 is 10.4 Å². The predicted octanol–water partition coefficient (Wildman–Crippen LogP) is 3.68. The van der Waals surface area contributed by atoms with E-state index >= 15 is 0 Å². The fourth-order valence-electron chi connectivity index (χ4n) is 1.44. The summed E-state index contributed by atoms with van der Waals surface area (Å²) in [6, 6.07) is 3.55. The molecule has 1 aromatic rings. The van der Waals surface area contributed by atoms with Crippen molar-refractivity contribution in [1.29, 1.82) is 0 Å². The molecule has 0 aromatic heterocycles. The van der Waals surface area contributed by atoms with Crippen LogP contribution in [0, 0.1) is 0 Å². The van der Waals surface area contributed by atoms with Gasteiger partial charge in [-0.3, -0.25) is 0 Å². The fourth-order valence-corrected chi connectivity index (χ4v) is 2.15. The first-order chi connectivity index (χ1) is 7.47. The molecule has 0 aliphatic rings. The highest BCUT2D eigenvalue weighted by atomic mass is 35.5. The van der Waals surface area contributed by atoms with Gasteiger partial charge >= 0.3 is 0 Å². The van der Waals surface area contributed by atoms with Crippen LogP contribution in [0.25, 0.3) is 0 Å². The third-order valence-corrected chi connectivity index (χ3v) is 3.65. The van der Waals surface area contributed by atoms with Crippen molar-refractivity contribution in [2.75, 3.05) is 6.61 Å². The number of aliphatic hydroxyl groups excluding tert-OH is 1. The molecule has 2 unspecified atom stereocenters. The summed E-state index contributed by atoms with van der Waals surface area (Å²) in [5.41, 5.74) is 0.872. The van der Waals surface area contributed by atoms with Crippen LogP contribution in [-0.2, 0) is 0 Å². The van der Waals surface area contributed by atoms with E-state index in [4.69, 9.17) is 39.9 Å². The normalized spacial score (nSPS) is 14.9. The molecule has 0 bridgehead atoms. The first-order valence-electron chi connectivity index (χ1n) is 4.97. The van der Waals surface area contributed by atoms with Gasteiger partial charge in [-0.15, -0.1) is 0 Å². The molecule has 5 heteroatoms. The van der Waals surface area contributed by atoms with Crippen LogP contribution in [0.15, 0.2) is 12.1 Å². The summed E-state index contributed by atoms with van der Waals surface area (Å²) in [5, 5.41) is 13.4. The van der Waals surface area contributed by atoms with Gasteiger partial charge in [0.1, 0.15) is 0 Å². The van der Waals surface area contributed by atoms with E-state index in [0.717, 1.165) is 5.56 Å². The number of hydrogen-bond acceptors (Lipinski definition) is 2. The van der Waals surface area contributed by atoms with E-state index in [1.807, 2.05) is 19.9 Å². The lowest BCUT2D eigenvalue weighted by Gasteiger charge is -2.20. The van der Waals surface area contributed by atoms with Crippen LogP contribution in [0.4, 0.5) is 0 Å². The molecule has 0 saturated heterocycles. The lowest BCUT2D eigenvalue weighted by Crippen LogP contribution is -2.31. The molecular weight excluding hydrogens is 268 g/mol. The second kappa shape index (κ2) is 6.08. The van der Waals surface area contributed by atoms with E-state index in [1.54, 1.807) is 6.07 Å². The Hall–Kier alpha value is 0.01000. The molecule has 2 N–H and O–H groups in total. The van der Waals surface area contributed by atoms with Crippen molar-refractivity contribution < 1.29 is 5.11 Å². The van der Waals surface area contributed by atoms with E-state index in [1.165, 1.54) is 0 Å². The van der Waals surface area contributed by atoms with Gasteiger partial charge in [-0.2, -0.15) is 0 Å². The molecule has 0 spiro atoms. The van der Waals surface area contributed by atoms with Crippen molar-refractivity contribution in [1.82, 2.24) is 5.32 Å². The Balaban J connectivity index is 2.92. The van der Waals surface area contributed by atoms with Gasteiger partial charge in [-0.05, 0) is 25.5 Å². The molecular formula is C11H14Cl3NO. The maximum absolute atomic E-state index is 8.96. The lowest BCUT2D eigenvalue weighted by molar-refractivity contribution is 0.243. The zero-order valence-electron chi connectivity index (χ0n) is 9.10. The zero-order chi connectivity index (χ0) is 12.3. The molecule has 1 rings (SSSR count).